The number of thiazole rings is 6. The Labute approximate surface area is 516 Å². The van der Waals surface area contributed by atoms with Crippen LogP contribution in [-0.4, -0.2) is 143 Å². The molecule has 1 aliphatic rings. The number of nitrogens with one attached hydrogen (secondary N) is 6. The molecule has 86 heavy (non-hydrogen) atoms. The maximum atomic E-state index is 14.3. The number of aromatic nitrogens is 7. The Hall–Kier alpha value is -7.43. The van der Waals surface area contributed by atoms with Gasteiger partial charge in [0.05, 0.1) is 75.3 Å². The largest absolute Gasteiger partial charge is 0.447 e. The number of rotatable bonds is 18. The van der Waals surface area contributed by atoms with E-state index >= 15 is 0 Å². The van der Waals surface area contributed by atoms with Gasteiger partial charge in [-0.3, -0.25) is 29.3 Å². The van der Waals surface area contributed by atoms with E-state index in [9.17, 15) is 33.9 Å². The molecule has 452 valence electrons. The second-order valence-corrected chi connectivity index (χ2v) is 25.0. The van der Waals surface area contributed by atoms with Crippen molar-refractivity contribution in [2.75, 3.05) is 72.8 Å². The molecule has 4 atom stereocenters. The summed E-state index contributed by atoms with van der Waals surface area (Å²) in [7, 11) is 4.53. The zero-order valence-corrected chi connectivity index (χ0v) is 52.0. The predicted octanol–water partition coefficient (Wildman–Crippen LogP) is 7.54. The zero-order chi connectivity index (χ0) is 60.9. The van der Waals surface area contributed by atoms with E-state index < -0.39 is 66.4 Å². The van der Waals surface area contributed by atoms with Crippen molar-refractivity contribution in [1.82, 2.24) is 61.5 Å². The highest BCUT2D eigenvalue weighted by atomic mass is 32.1. The first-order valence-electron chi connectivity index (χ1n) is 26.6. The summed E-state index contributed by atoms with van der Waals surface area (Å²) in [5.74, 6) is -2.91. The van der Waals surface area contributed by atoms with Crippen molar-refractivity contribution in [3.63, 3.8) is 0 Å². The monoisotopic (exact) mass is 1290 g/mol. The van der Waals surface area contributed by atoms with Crippen LogP contribution in [0.25, 0.3) is 43.4 Å². The SMILES string of the molecule is CNC(=O)C[C@@H]1NC(=O)c2csc(n2)-c2ccc(-c3nc(NC(=O)OCCOCCOCCOC)cs3)nc2-c2csc(n2)-c2csc(n2)[C@H]([C@@H](O)c2ccccc2)NC(=O)CNC(=O)c2nc(sc2COC)[C@H](C(C)C)NC(=O)c2nc1sc2C. The van der Waals surface area contributed by atoms with E-state index in [1.807, 2.05) is 13.8 Å². The molecule has 7 N–H and O–H groups in total. The van der Waals surface area contributed by atoms with Gasteiger partial charge in [-0.05, 0) is 30.5 Å². The fourth-order valence-electron chi connectivity index (χ4n) is 8.44. The van der Waals surface area contributed by atoms with E-state index in [0.29, 0.717) is 95.1 Å². The number of methoxy groups -OCH3 is 2. The Morgan fingerprint density at radius 2 is 1.35 bits per heavy atom. The van der Waals surface area contributed by atoms with Crippen LogP contribution in [0.2, 0.25) is 0 Å². The Morgan fingerprint density at radius 1 is 0.651 bits per heavy atom. The third-order valence-corrected chi connectivity index (χ3v) is 18.5. The number of carbonyl (C=O) groups is 6. The average molecular weight is 1290 g/mol. The van der Waals surface area contributed by atoms with E-state index in [2.05, 4.69) is 36.9 Å². The number of nitrogens with zero attached hydrogens (tertiary/aromatic N) is 7. The quantitative estimate of drug-likeness (QED) is 0.0408. The molecule has 0 aliphatic carbocycles. The Kier molecular flexibility index (Phi) is 21.8. The van der Waals surface area contributed by atoms with Crippen LogP contribution in [-0.2, 0) is 39.9 Å². The normalized spacial score (nSPS) is 16.2. The number of amides is 6. The van der Waals surface area contributed by atoms with Gasteiger partial charge in [-0.1, -0.05) is 44.2 Å². The molecule has 8 heterocycles. The van der Waals surface area contributed by atoms with Crippen LogP contribution in [0.1, 0.15) is 106 Å². The number of carbonyl (C=O) groups excluding carboxylic acids is 6. The van der Waals surface area contributed by atoms with Crippen molar-refractivity contribution in [3.8, 4) is 43.4 Å². The minimum absolute atomic E-state index is 0.00153. The van der Waals surface area contributed by atoms with Gasteiger partial charge in [0.25, 0.3) is 17.7 Å². The maximum Gasteiger partial charge on any atom is 0.412 e. The lowest BCUT2D eigenvalue weighted by Gasteiger charge is -2.23. The molecule has 0 saturated heterocycles. The first-order valence-corrected chi connectivity index (χ1v) is 31.8. The third-order valence-electron chi connectivity index (χ3n) is 12.7. The third kappa shape index (κ3) is 15.8. The van der Waals surface area contributed by atoms with Crippen LogP contribution in [0.5, 0.6) is 0 Å². The van der Waals surface area contributed by atoms with Crippen molar-refractivity contribution in [3.05, 3.63) is 111 Å². The van der Waals surface area contributed by atoms with E-state index in [0.717, 1.165) is 11.3 Å². The van der Waals surface area contributed by atoms with Crippen molar-refractivity contribution >= 4 is 109 Å². The molecule has 6 amide bonds. The van der Waals surface area contributed by atoms with Gasteiger partial charge in [0.1, 0.15) is 88.8 Å². The minimum Gasteiger partial charge on any atom is -0.447 e. The molecular weight excluding hydrogens is 1230 g/mol. The van der Waals surface area contributed by atoms with Gasteiger partial charge in [-0.25, -0.2) is 39.7 Å². The van der Waals surface area contributed by atoms with Crippen molar-refractivity contribution in [2.24, 2.45) is 5.92 Å². The molecule has 0 spiro atoms. The van der Waals surface area contributed by atoms with Gasteiger partial charge in [-0.15, -0.1) is 68.0 Å². The second kappa shape index (κ2) is 29.8. The molecule has 0 unspecified atom stereocenters. The van der Waals surface area contributed by atoms with Crippen molar-refractivity contribution < 1.29 is 57.6 Å². The molecule has 9 rings (SSSR count). The molecule has 25 nitrogen and oxygen atoms in total. The van der Waals surface area contributed by atoms with Gasteiger partial charge in [0.15, 0.2) is 0 Å². The van der Waals surface area contributed by atoms with E-state index in [-0.39, 0.29) is 60.1 Å². The standard InChI is InChI=1S/C55H59N13O12S6/c1-27(2)40-54-68-43(36(86-54)22-77-6)47(73)57-21-39(70)65-44(45(71)29-10-8-7-9-11-29)53-62-35(25-83-53)51-60-33(23-82-51)42-30(12-13-31(58-42)50-63-37(26-84-50)64-55(75)80-19-18-79-17-16-78-15-14-76-5)49-61-34(24-81-49)46(72)59-32(20-38(69)56-4)52-67-41(28(3)85-52)48(74)66-40/h7-13,23-27,32,40,44-45,71H,14-22H2,1-6H3,(H,56,69)(H,57,73)(H,59,72)(H,64,75)(H,65,70)(H,66,74)/t32-,40-,44-,45-/m0/s1. The molecule has 1 aromatic carbocycles. The number of anilines is 1. The number of ether oxygens (including phenoxy) is 5. The summed E-state index contributed by atoms with van der Waals surface area (Å²) in [6.07, 6.45) is -2.23. The molecule has 31 heteroatoms. The predicted molar refractivity (Wildman–Crippen MR) is 325 cm³/mol. The van der Waals surface area contributed by atoms with Crippen LogP contribution >= 0.6 is 68.0 Å². The number of hydrogen-bond acceptors (Lipinski definition) is 25. The number of benzene rings is 1. The van der Waals surface area contributed by atoms with Gasteiger partial charge in [0.2, 0.25) is 11.8 Å². The zero-order valence-electron chi connectivity index (χ0n) is 47.1. The second-order valence-electron chi connectivity index (χ2n) is 19.2. The number of aliphatic hydroxyl groups is 1. The Bertz CT molecular complexity index is 3670. The molecular formula is C55H59N13O12S6. The number of hydrogen-bond donors (Lipinski definition) is 7. The van der Waals surface area contributed by atoms with Crippen LogP contribution in [0.3, 0.4) is 0 Å². The lowest BCUT2D eigenvalue weighted by molar-refractivity contribution is -0.122. The first kappa shape index (κ1) is 63.1. The van der Waals surface area contributed by atoms with Crippen LogP contribution < -0.4 is 31.9 Å². The van der Waals surface area contributed by atoms with Gasteiger partial charge >= 0.3 is 6.09 Å². The van der Waals surface area contributed by atoms with Gasteiger partial charge in [-0.2, -0.15) is 0 Å². The highest BCUT2D eigenvalue weighted by Crippen LogP contribution is 2.40. The highest BCUT2D eigenvalue weighted by molar-refractivity contribution is 7.15. The lowest BCUT2D eigenvalue weighted by Crippen LogP contribution is -2.40. The summed E-state index contributed by atoms with van der Waals surface area (Å²) >= 11 is 7.16. The number of fused-ring (bicyclic) bond motifs is 14. The summed E-state index contributed by atoms with van der Waals surface area (Å²) < 4.78 is 26.5. The highest BCUT2D eigenvalue weighted by Gasteiger charge is 2.33. The summed E-state index contributed by atoms with van der Waals surface area (Å²) in [4.78, 5) is 117. The van der Waals surface area contributed by atoms with Crippen molar-refractivity contribution in [1.29, 1.82) is 0 Å². The van der Waals surface area contributed by atoms with E-state index in [1.54, 1.807) is 78.0 Å². The maximum absolute atomic E-state index is 14.3. The molecule has 1 aliphatic heterocycles. The fraction of sp³-hybridized carbons (Fsp3) is 0.364. The average Bonchev–Trinajstić information content (AvgIpc) is 2.21. The topological polar surface area (TPSA) is 331 Å². The van der Waals surface area contributed by atoms with E-state index in [4.69, 9.17) is 53.6 Å². The smallest absolute Gasteiger partial charge is 0.412 e. The Balaban J connectivity index is 1.06. The molecule has 0 fully saturated rings. The number of pyridine rings is 1. The molecule has 7 aromatic heterocycles. The summed E-state index contributed by atoms with van der Waals surface area (Å²) in [6, 6.07) is 9.48. The fourth-order valence-corrected chi connectivity index (χ4v) is 13.9. The summed E-state index contributed by atoms with van der Waals surface area (Å²) in [5, 5.41) is 37.7. The van der Waals surface area contributed by atoms with Crippen LogP contribution in [0, 0.1) is 12.8 Å². The number of aryl methyl sites for hydroxylation is 1. The van der Waals surface area contributed by atoms with Crippen LogP contribution in [0.15, 0.2) is 64.0 Å². The lowest BCUT2D eigenvalue weighted by atomic mass is 10.0. The molecule has 10 bridgehead atoms. The summed E-state index contributed by atoms with van der Waals surface area (Å²) in [5.41, 5.74) is 2.68. The molecule has 0 saturated carbocycles. The minimum atomic E-state index is -1.28. The Morgan fingerprint density at radius 3 is 2.10 bits per heavy atom. The van der Waals surface area contributed by atoms with E-state index in [1.165, 1.54) is 70.8 Å². The molecule has 0 radical (unpaired) electrons. The molecule has 8 aromatic rings. The summed E-state index contributed by atoms with van der Waals surface area (Å²) in [6.45, 7) is 6.72. The van der Waals surface area contributed by atoms with Crippen molar-refractivity contribution in [2.45, 2.75) is 58.0 Å². The first-order chi connectivity index (χ1) is 41.6. The van der Waals surface area contributed by atoms with Gasteiger partial charge in [0, 0.05) is 53.2 Å². The van der Waals surface area contributed by atoms with Crippen LogP contribution in [0.4, 0.5) is 10.6 Å². The number of aliphatic hydroxyl groups excluding tert-OH is 1. The van der Waals surface area contributed by atoms with Gasteiger partial charge < -0.3 is 55.4 Å².